The van der Waals surface area contributed by atoms with Gasteiger partial charge in [-0.2, -0.15) is 0 Å². The van der Waals surface area contributed by atoms with Gasteiger partial charge in [0.2, 0.25) is 0 Å². The smallest absolute Gasteiger partial charge is 0.193 e. The summed E-state index contributed by atoms with van der Waals surface area (Å²) in [6.45, 7) is 12.5. The average Bonchev–Trinajstić information content (AvgIpc) is 3.17. The summed E-state index contributed by atoms with van der Waals surface area (Å²) in [5.41, 5.74) is 1.40. The molecule has 1 atom stereocenters. The van der Waals surface area contributed by atoms with E-state index >= 15 is 0 Å². The Morgan fingerprint density at radius 1 is 1.00 bits per heavy atom. The molecular weight excluding hydrogens is 322 g/mol. The normalized spacial score (nSPS) is 21.2. The Kier molecular flexibility index (Phi) is 7.32. The molecule has 5 nitrogen and oxygen atoms in total. The molecule has 2 fully saturated rings. The van der Waals surface area contributed by atoms with Gasteiger partial charge in [0.1, 0.15) is 0 Å². The molecule has 5 heteroatoms. The van der Waals surface area contributed by atoms with Crippen molar-refractivity contribution in [2.45, 2.75) is 26.3 Å². The number of piperazine rings is 1. The van der Waals surface area contributed by atoms with Crippen molar-refractivity contribution in [3.63, 3.8) is 0 Å². The van der Waals surface area contributed by atoms with Crippen LogP contribution < -0.4 is 5.32 Å². The average molecular weight is 358 g/mol. The summed E-state index contributed by atoms with van der Waals surface area (Å²) in [6, 6.07) is 10.8. The van der Waals surface area contributed by atoms with Crippen LogP contribution in [-0.2, 0) is 6.54 Å². The summed E-state index contributed by atoms with van der Waals surface area (Å²) in [6.07, 6.45) is 2.74. The SMILES string of the molecule is CN=C(NCC(C)CN1CCCC1)N1CCN(Cc2ccccc2)CC1. The van der Waals surface area contributed by atoms with Gasteiger partial charge in [-0.1, -0.05) is 37.3 Å². The van der Waals surface area contributed by atoms with Crippen LogP contribution in [0, 0.1) is 5.92 Å². The fraction of sp³-hybridized carbons (Fsp3) is 0.667. The van der Waals surface area contributed by atoms with Gasteiger partial charge < -0.3 is 15.1 Å². The third-order valence-corrected chi connectivity index (χ3v) is 5.51. The number of rotatable bonds is 6. The monoisotopic (exact) mass is 357 g/mol. The van der Waals surface area contributed by atoms with E-state index in [2.05, 4.69) is 62.3 Å². The van der Waals surface area contributed by atoms with Gasteiger partial charge >= 0.3 is 0 Å². The molecule has 1 N–H and O–H groups in total. The first-order chi connectivity index (χ1) is 12.7. The van der Waals surface area contributed by atoms with Crippen molar-refractivity contribution in [3.05, 3.63) is 35.9 Å². The molecule has 0 spiro atoms. The molecule has 1 aromatic rings. The van der Waals surface area contributed by atoms with Gasteiger partial charge in [-0.25, -0.2) is 0 Å². The summed E-state index contributed by atoms with van der Waals surface area (Å²) < 4.78 is 0. The highest BCUT2D eigenvalue weighted by Gasteiger charge is 2.20. The van der Waals surface area contributed by atoms with E-state index in [9.17, 15) is 0 Å². The third-order valence-electron chi connectivity index (χ3n) is 5.51. The lowest BCUT2D eigenvalue weighted by molar-refractivity contribution is 0.172. The predicted molar refractivity (Wildman–Crippen MR) is 109 cm³/mol. The van der Waals surface area contributed by atoms with E-state index in [4.69, 9.17) is 0 Å². The first kappa shape index (κ1) is 19.2. The summed E-state index contributed by atoms with van der Waals surface area (Å²) in [5, 5.41) is 3.61. The van der Waals surface area contributed by atoms with E-state index in [1.54, 1.807) is 0 Å². The molecule has 0 saturated carbocycles. The fourth-order valence-electron chi connectivity index (χ4n) is 4.03. The van der Waals surface area contributed by atoms with Crippen molar-refractivity contribution in [1.82, 2.24) is 20.0 Å². The Morgan fingerprint density at radius 2 is 1.69 bits per heavy atom. The van der Waals surface area contributed by atoms with Gasteiger partial charge in [0, 0.05) is 52.9 Å². The highest BCUT2D eigenvalue weighted by atomic mass is 15.3. The van der Waals surface area contributed by atoms with Crippen LogP contribution in [0.2, 0.25) is 0 Å². The van der Waals surface area contributed by atoms with Crippen LogP contribution in [0.3, 0.4) is 0 Å². The molecule has 0 amide bonds. The van der Waals surface area contributed by atoms with Crippen molar-refractivity contribution in [1.29, 1.82) is 0 Å². The Balaban J connectivity index is 1.39. The minimum absolute atomic E-state index is 0.657. The standard InChI is InChI=1S/C21H35N5/c1-19(17-24-10-6-7-11-24)16-23-21(22-2)26-14-12-25(13-15-26)18-20-8-4-3-5-9-20/h3-5,8-9,19H,6-7,10-18H2,1-2H3,(H,22,23). The molecule has 3 rings (SSSR count). The van der Waals surface area contributed by atoms with Crippen molar-refractivity contribution < 1.29 is 0 Å². The lowest BCUT2D eigenvalue weighted by Crippen LogP contribution is -2.52. The Hall–Kier alpha value is -1.59. The second-order valence-electron chi connectivity index (χ2n) is 7.79. The van der Waals surface area contributed by atoms with Crippen LogP contribution in [0.4, 0.5) is 0 Å². The Labute approximate surface area is 159 Å². The maximum absolute atomic E-state index is 4.52. The second-order valence-corrected chi connectivity index (χ2v) is 7.79. The van der Waals surface area contributed by atoms with Crippen LogP contribution >= 0.6 is 0 Å². The van der Waals surface area contributed by atoms with Gasteiger partial charge in [0.25, 0.3) is 0 Å². The number of likely N-dealkylation sites (tertiary alicyclic amines) is 1. The number of benzene rings is 1. The molecule has 0 bridgehead atoms. The first-order valence-corrected chi connectivity index (χ1v) is 10.2. The second kappa shape index (κ2) is 9.93. The van der Waals surface area contributed by atoms with Crippen molar-refractivity contribution in [3.8, 4) is 0 Å². The van der Waals surface area contributed by atoms with Crippen LogP contribution in [-0.4, -0.2) is 80.1 Å². The molecule has 144 valence electrons. The molecule has 1 unspecified atom stereocenters. The van der Waals surface area contributed by atoms with Gasteiger partial charge in [-0.15, -0.1) is 0 Å². The fourth-order valence-corrected chi connectivity index (χ4v) is 4.03. The topological polar surface area (TPSA) is 34.1 Å². The number of guanidine groups is 1. The van der Waals surface area contributed by atoms with E-state index in [1.165, 1.54) is 38.0 Å². The van der Waals surface area contributed by atoms with E-state index in [-0.39, 0.29) is 0 Å². The predicted octanol–water partition coefficient (Wildman–Crippen LogP) is 2.11. The molecule has 2 heterocycles. The van der Waals surface area contributed by atoms with E-state index in [0.29, 0.717) is 5.92 Å². The Morgan fingerprint density at radius 3 is 2.35 bits per heavy atom. The lowest BCUT2D eigenvalue weighted by atomic mass is 10.1. The number of aliphatic imine (C=N–C) groups is 1. The zero-order valence-electron chi connectivity index (χ0n) is 16.5. The summed E-state index contributed by atoms with van der Waals surface area (Å²) in [4.78, 5) is 12.1. The largest absolute Gasteiger partial charge is 0.356 e. The highest BCUT2D eigenvalue weighted by Crippen LogP contribution is 2.11. The molecule has 2 aliphatic rings. The van der Waals surface area contributed by atoms with Gasteiger partial charge in [-0.3, -0.25) is 9.89 Å². The maximum atomic E-state index is 4.52. The third kappa shape index (κ3) is 5.71. The summed E-state index contributed by atoms with van der Waals surface area (Å²) in [7, 11) is 1.91. The molecule has 0 aliphatic carbocycles. The number of nitrogens with zero attached hydrogens (tertiary/aromatic N) is 4. The first-order valence-electron chi connectivity index (χ1n) is 10.2. The van der Waals surface area contributed by atoms with Gasteiger partial charge in [-0.05, 0) is 37.4 Å². The molecule has 26 heavy (non-hydrogen) atoms. The van der Waals surface area contributed by atoms with E-state index in [1.807, 2.05) is 7.05 Å². The van der Waals surface area contributed by atoms with Gasteiger partial charge in [0.15, 0.2) is 5.96 Å². The summed E-state index contributed by atoms with van der Waals surface area (Å²) >= 11 is 0. The molecular formula is C21H35N5. The number of hydrogen-bond acceptors (Lipinski definition) is 3. The molecule has 0 radical (unpaired) electrons. The van der Waals surface area contributed by atoms with Crippen molar-refractivity contribution >= 4 is 5.96 Å². The minimum Gasteiger partial charge on any atom is -0.356 e. The zero-order valence-corrected chi connectivity index (χ0v) is 16.5. The van der Waals surface area contributed by atoms with E-state index < -0.39 is 0 Å². The minimum atomic E-state index is 0.657. The molecule has 2 aliphatic heterocycles. The van der Waals surface area contributed by atoms with Gasteiger partial charge in [0.05, 0.1) is 0 Å². The molecule has 0 aromatic heterocycles. The molecule has 2 saturated heterocycles. The van der Waals surface area contributed by atoms with Crippen LogP contribution in [0.5, 0.6) is 0 Å². The van der Waals surface area contributed by atoms with Crippen LogP contribution in [0.25, 0.3) is 0 Å². The summed E-state index contributed by atoms with van der Waals surface area (Å²) in [5.74, 6) is 1.72. The zero-order chi connectivity index (χ0) is 18.2. The Bertz CT molecular complexity index is 545. The van der Waals surface area contributed by atoms with E-state index in [0.717, 1.165) is 45.2 Å². The maximum Gasteiger partial charge on any atom is 0.193 e. The quantitative estimate of drug-likeness (QED) is 0.625. The lowest BCUT2D eigenvalue weighted by Gasteiger charge is -2.37. The molecule has 1 aromatic carbocycles. The number of hydrogen-bond donors (Lipinski definition) is 1. The highest BCUT2D eigenvalue weighted by molar-refractivity contribution is 5.80. The van der Waals surface area contributed by atoms with Crippen LogP contribution in [0.15, 0.2) is 35.3 Å². The van der Waals surface area contributed by atoms with Crippen molar-refractivity contribution in [2.75, 3.05) is 59.4 Å². The van der Waals surface area contributed by atoms with Crippen LogP contribution in [0.1, 0.15) is 25.3 Å². The number of nitrogens with one attached hydrogen (secondary N) is 1. The van der Waals surface area contributed by atoms with Crippen molar-refractivity contribution in [2.24, 2.45) is 10.9 Å².